The molecule has 0 radical (unpaired) electrons. The molecule has 6 heteroatoms. The molecule has 1 atom stereocenters. The SMILES string of the molecule is CCCCCCC/C=C\C/C=C\CCCCCCCCCCCCCC(=O)OCC(COC(=O)CCCCCCCCC/C=C\CCCCCCCC)OC(=O)CCCCCCCCCCCCCCCCCCCCCC. The van der Waals surface area contributed by atoms with E-state index in [1.807, 2.05) is 0 Å². The molecule has 0 aromatic rings. The van der Waals surface area contributed by atoms with Crippen LogP contribution in [0.2, 0.25) is 0 Å². The van der Waals surface area contributed by atoms with Crippen molar-refractivity contribution in [3.8, 4) is 0 Å². The zero-order valence-corrected chi connectivity index (χ0v) is 52.7. The summed E-state index contributed by atoms with van der Waals surface area (Å²) in [5, 5.41) is 0. The lowest BCUT2D eigenvalue weighted by atomic mass is 10.0. The second-order valence-corrected chi connectivity index (χ2v) is 23.8. The standard InChI is InChI=1S/C72H134O6/c1-4-7-10-13-16-19-22-25-28-31-33-35-36-37-39-41-44-47-50-53-56-59-62-65-71(74)77-68-69(67-76-70(73)64-61-58-55-52-49-46-43-40-30-27-24-21-18-15-12-9-6-3)78-72(75)66-63-60-57-54-51-48-45-42-38-34-32-29-26-23-20-17-14-11-8-5-2/h22,25,27,30-31,33,69H,4-21,23-24,26,28-29,32,34-68H2,1-3H3/b25-22-,30-27-,33-31-. The van der Waals surface area contributed by atoms with Crippen molar-refractivity contribution >= 4 is 17.9 Å². The highest BCUT2D eigenvalue weighted by Gasteiger charge is 2.19. The molecule has 0 aliphatic heterocycles. The molecular weight excluding hydrogens is 961 g/mol. The Morgan fingerprint density at radius 2 is 0.462 bits per heavy atom. The Morgan fingerprint density at radius 3 is 0.718 bits per heavy atom. The van der Waals surface area contributed by atoms with E-state index in [4.69, 9.17) is 14.2 Å². The predicted octanol–water partition coefficient (Wildman–Crippen LogP) is 23.9. The Morgan fingerprint density at radius 1 is 0.256 bits per heavy atom. The maximum Gasteiger partial charge on any atom is 0.306 e. The summed E-state index contributed by atoms with van der Waals surface area (Å²) in [4.78, 5) is 38.5. The molecule has 0 aromatic carbocycles. The quantitative estimate of drug-likeness (QED) is 0.0261. The van der Waals surface area contributed by atoms with Gasteiger partial charge in [0.15, 0.2) is 6.10 Å². The molecule has 78 heavy (non-hydrogen) atoms. The highest BCUT2D eigenvalue weighted by Crippen LogP contribution is 2.18. The number of unbranched alkanes of at least 4 members (excludes halogenated alkanes) is 48. The first-order valence-electron chi connectivity index (χ1n) is 35.0. The minimum absolute atomic E-state index is 0.0698. The minimum atomic E-state index is -0.773. The van der Waals surface area contributed by atoms with Crippen molar-refractivity contribution in [1.82, 2.24) is 0 Å². The number of hydrogen-bond acceptors (Lipinski definition) is 6. The molecule has 0 N–H and O–H groups in total. The van der Waals surface area contributed by atoms with E-state index in [9.17, 15) is 14.4 Å². The van der Waals surface area contributed by atoms with Gasteiger partial charge in [-0.3, -0.25) is 14.4 Å². The lowest BCUT2D eigenvalue weighted by Gasteiger charge is -2.18. The van der Waals surface area contributed by atoms with Gasteiger partial charge in [0.05, 0.1) is 0 Å². The van der Waals surface area contributed by atoms with Gasteiger partial charge in [0, 0.05) is 19.3 Å². The molecule has 0 aliphatic rings. The van der Waals surface area contributed by atoms with Crippen LogP contribution in [0.4, 0.5) is 0 Å². The van der Waals surface area contributed by atoms with Gasteiger partial charge >= 0.3 is 17.9 Å². The molecule has 0 aromatic heterocycles. The van der Waals surface area contributed by atoms with Crippen LogP contribution in [-0.2, 0) is 28.6 Å². The summed E-state index contributed by atoms with van der Waals surface area (Å²) in [5.41, 5.74) is 0. The maximum atomic E-state index is 13.0. The fourth-order valence-corrected chi connectivity index (χ4v) is 10.6. The van der Waals surface area contributed by atoms with E-state index >= 15 is 0 Å². The lowest BCUT2D eigenvalue weighted by Crippen LogP contribution is -2.30. The van der Waals surface area contributed by atoms with Gasteiger partial charge in [0.2, 0.25) is 0 Å². The summed E-state index contributed by atoms with van der Waals surface area (Å²) in [6.45, 7) is 6.70. The molecule has 0 spiro atoms. The molecule has 1 unspecified atom stereocenters. The summed E-state index contributed by atoms with van der Waals surface area (Å²) < 4.78 is 17.0. The first kappa shape index (κ1) is 75.6. The number of carbonyl (C=O) groups excluding carboxylic acids is 3. The zero-order chi connectivity index (χ0) is 56.4. The van der Waals surface area contributed by atoms with Crippen LogP contribution < -0.4 is 0 Å². The second kappa shape index (κ2) is 67.1. The normalized spacial score (nSPS) is 12.2. The fraction of sp³-hybridized carbons (Fsp3) is 0.875. The van der Waals surface area contributed by atoms with Crippen LogP contribution >= 0.6 is 0 Å². The highest BCUT2D eigenvalue weighted by atomic mass is 16.6. The molecule has 0 aliphatic carbocycles. The number of allylic oxidation sites excluding steroid dienone is 6. The molecule has 0 bridgehead atoms. The van der Waals surface area contributed by atoms with E-state index in [-0.39, 0.29) is 31.1 Å². The summed E-state index contributed by atoms with van der Waals surface area (Å²) in [5.74, 6) is -0.846. The Balaban J connectivity index is 4.31. The summed E-state index contributed by atoms with van der Waals surface area (Å²) in [7, 11) is 0. The van der Waals surface area contributed by atoms with Crippen molar-refractivity contribution in [3.63, 3.8) is 0 Å². The average molecular weight is 1100 g/mol. The van der Waals surface area contributed by atoms with Gasteiger partial charge < -0.3 is 14.2 Å². The van der Waals surface area contributed by atoms with E-state index in [1.54, 1.807) is 0 Å². The van der Waals surface area contributed by atoms with Gasteiger partial charge in [0.25, 0.3) is 0 Å². The number of ether oxygens (including phenoxy) is 3. The fourth-order valence-electron chi connectivity index (χ4n) is 10.6. The number of carbonyl (C=O) groups is 3. The van der Waals surface area contributed by atoms with Crippen molar-refractivity contribution < 1.29 is 28.6 Å². The second-order valence-electron chi connectivity index (χ2n) is 23.8. The van der Waals surface area contributed by atoms with Crippen molar-refractivity contribution in [2.45, 2.75) is 393 Å². The molecule has 0 saturated heterocycles. The van der Waals surface area contributed by atoms with Crippen molar-refractivity contribution in [2.24, 2.45) is 0 Å². The summed E-state index contributed by atoms with van der Waals surface area (Å²) >= 11 is 0. The summed E-state index contributed by atoms with van der Waals surface area (Å²) in [6.07, 6.45) is 83.0. The molecule has 0 fully saturated rings. The first-order chi connectivity index (χ1) is 38.5. The van der Waals surface area contributed by atoms with Gasteiger partial charge in [-0.25, -0.2) is 0 Å². The molecular formula is C72H134O6. The monoisotopic (exact) mass is 1100 g/mol. The third-order valence-electron chi connectivity index (χ3n) is 15.9. The van der Waals surface area contributed by atoms with E-state index in [0.717, 1.165) is 64.2 Å². The molecule has 0 rings (SSSR count). The summed E-state index contributed by atoms with van der Waals surface area (Å²) in [6, 6.07) is 0. The van der Waals surface area contributed by atoms with Crippen LogP contribution in [0.1, 0.15) is 387 Å². The van der Waals surface area contributed by atoms with Crippen LogP contribution in [0.3, 0.4) is 0 Å². The molecule has 0 heterocycles. The van der Waals surface area contributed by atoms with E-state index in [1.165, 1.54) is 283 Å². The first-order valence-corrected chi connectivity index (χ1v) is 35.0. The lowest BCUT2D eigenvalue weighted by molar-refractivity contribution is -0.167. The maximum absolute atomic E-state index is 13.0. The van der Waals surface area contributed by atoms with Crippen LogP contribution in [0.15, 0.2) is 36.5 Å². The van der Waals surface area contributed by atoms with Crippen LogP contribution in [0, 0.1) is 0 Å². The third kappa shape index (κ3) is 64.5. The van der Waals surface area contributed by atoms with Gasteiger partial charge in [-0.05, 0) is 77.0 Å². The molecule has 0 amide bonds. The third-order valence-corrected chi connectivity index (χ3v) is 15.9. The van der Waals surface area contributed by atoms with E-state index in [2.05, 4.69) is 57.2 Å². The predicted molar refractivity (Wildman–Crippen MR) is 339 cm³/mol. The molecule has 0 saturated carbocycles. The Labute approximate surface area is 486 Å². The topological polar surface area (TPSA) is 78.9 Å². The number of rotatable bonds is 65. The minimum Gasteiger partial charge on any atom is -0.462 e. The van der Waals surface area contributed by atoms with Gasteiger partial charge in [-0.15, -0.1) is 0 Å². The van der Waals surface area contributed by atoms with E-state index < -0.39 is 6.10 Å². The van der Waals surface area contributed by atoms with Crippen molar-refractivity contribution in [1.29, 1.82) is 0 Å². The van der Waals surface area contributed by atoms with Gasteiger partial charge in [-0.1, -0.05) is 327 Å². The molecule has 458 valence electrons. The van der Waals surface area contributed by atoms with Crippen molar-refractivity contribution in [3.05, 3.63) is 36.5 Å². The van der Waals surface area contributed by atoms with E-state index in [0.29, 0.717) is 19.3 Å². The number of hydrogen-bond donors (Lipinski definition) is 0. The Kier molecular flexibility index (Phi) is 65.1. The molecule has 6 nitrogen and oxygen atoms in total. The Hall–Kier alpha value is -2.37. The van der Waals surface area contributed by atoms with Crippen LogP contribution in [-0.4, -0.2) is 37.2 Å². The smallest absolute Gasteiger partial charge is 0.306 e. The average Bonchev–Trinajstić information content (AvgIpc) is 3.44. The highest BCUT2D eigenvalue weighted by molar-refractivity contribution is 5.71. The van der Waals surface area contributed by atoms with Gasteiger partial charge in [-0.2, -0.15) is 0 Å². The zero-order valence-electron chi connectivity index (χ0n) is 52.7. The van der Waals surface area contributed by atoms with Crippen LogP contribution in [0.5, 0.6) is 0 Å². The van der Waals surface area contributed by atoms with Crippen LogP contribution in [0.25, 0.3) is 0 Å². The van der Waals surface area contributed by atoms with Crippen molar-refractivity contribution in [2.75, 3.05) is 13.2 Å². The van der Waals surface area contributed by atoms with Gasteiger partial charge in [0.1, 0.15) is 13.2 Å². The Bertz CT molecular complexity index is 1300. The largest absolute Gasteiger partial charge is 0.462 e. The number of esters is 3.